The van der Waals surface area contributed by atoms with Gasteiger partial charge in [-0.1, -0.05) is 12.1 Å². The molecule has 3 N–H and O–H groups in total. The van der Waals surface area contributed by atoms with Crippen LogP contribution in [0.4, 0.5) is 11.4 Å². The number of halogens is 1. The van der Waals surface area contributed by atoms with Crippen LogP contribution in [0.25, 0.3) is 0 Å². The van der Waals surface area contributed by atoms with Crippen LogP contribution < -0.4 is 16.0 Å². The van der Waals surface area contributed by atoms with Crippen LogP contribution in [0, 0.1) is 10.1 Å². The van der Waals surface area contributed by atoms with Crippen molar-refractivity contribution in [3.63, 3.8) is 0 Å². The van der Waals surface area contributed by atoms with E-state index in [9.17, 15) is 10.1 Å². The summed E-state index contributed by atoms with van der Waals surface area (Å²) in [6.07, 6.45) is 0. The van der Waals surface area contributed by atoms with Crippen LogP contribution in [0.1, 0.15) is 6.92 Å². The van der Waals surface area contributed by atoms with Crippen LogP contribution in [0.5, 0.6) is 0 Å². The number of methoxy groups -OCH3 is 1. The molecule has 0 aliphatic carbocycles. The molecule has 130 valence electrons. The van der Waals surface area contributed by atoms with Gasteiger partial charge in [-0.05, 0) is 13.0 Å². The molecule has 0 aliphatic rings. The van der Waals surface area contributed by atoms with E-state index < -0.39 is 4.92 Å². The largest absolute Gasteiger partial charge is 0.383 e. The average Bonchev–Trinajstić information content (AvgIpc) is 2.52. The molecule has 0 aromatic heterocycles. The molecule has 8 nitrogen and oxygen atoms in total. The summed E-state index contributed by atoms with van der Waals surface area (Å²) in [5.74, 6) is 0.698. The Hall–Kier alpha value is -1.62. The van der Waals surface area contributed by atoms with Crippen molar-refractivity contribution in [2.24, 2.45) is 4.99 Å². The van der Waals surface area contributed by atoms with Gasteiger partial charge in [0.1, 0.15) is 5.69 Å². The Balaban J connectivity index is 0.00000484. The van der Waals surface area contributed by atoms with E-state index in [0.29, 0.717) is 37.9 Å². The smallest absolute Gasteiger partial charge is 0.292 e. The fourth-order valence-corrected chi connectivity index (χ4v) is 1.75. The van der Waals surface area contributed by atoms with E-state index >= 15 is 0 Å². The number of aliphatic imine (C=N–C) groups is 1. The van der Waals surface area contributed by atoms with Gasteiger partial charge in [0.25, 0.3) is 5.69 Å². The normalized spacial score (nSPS) is 10.6. The van der Waals surface area contributed by atoms with Gasteiger partial charge in [0.05, 0.1) is 18.1 Å². The standard InChI is InChI=1S/C14H23N5O3.HI/c1-3-15-14(18-10-11-22-2)17-9-8-16-12-6-4-5-7-13(12)19(20)21;/h4-7,16H,3,8-11H2,1-2H3,(H2,15,17,18);1H. The first-order chi connectivity index (χ1) is 10.7. The van der Waals surface area contributed by atoms with E-state index in [4.69, 9.17) is 4.74 Å². The lowest BCUT2D eigenvalue weighted by Gasteiger charge is -2.12. The van der Waals surface area contributed by atoms with Crippen LogP contribution in [0.3, 0.4) is 0 Å². The topological polar surface area (TPSA) is 101 Å². The lowest BCUT2D eigenvalue weighted by Crippen LogP contribution is -2.39. The van der Waals surface area contributed by atoms with Gasteiger partial charge in [0, 0.05) is 32.8 Å². The van der Waals surface area contributed by atoms with Gasteiger partial charge in [-0.25, -0.2) is 0 Å². The number of para-hydroxylation sites is 2. The predicted molar refractivity (Wildman–Crippen MR) is 103 cm³/mol. The summed E-state index contributed by atoms with van der Waals surface area (Å²) in [5, 5.41) is 20.2. The summed E-state index contributed by atoms with van der Waals surface area (Å²) in [6.45, 7) is 5.01. The molecule has 0 bridgehead atoms. The zero-order chi connectivity index (χ0) is 16.2. The highest BCUT2D eigenvalue weighted by Crippen LogP contribution is 2.22. The summed E-state index contributed by atoms with van der Waals surface area (Å²) in [6, 6.07) is 6.58. The fourth-order valence-electron chi connectivity index (χ4n) is 1.75. The molecule has 23 heavy (non-hydrogen) atoms. The molecule has 9 heteroatoms. The minimum Gasteiger partial charge on any atom is -0.383 e. The number of guanidine groups is 1. The van der Waals surface area contributed by atoms with Gasteiger partial charge >= 0.3 is 0 Å². The van der Waals surface area contributed by atoms with E-state index in [-0.39, 0.29) is 29.7 Å². The van der Waals surface area contributed by atoms with E-state index in [1.165, 1.54) is 6.07 Å². The lowest BCUT2D eigenvalue weighted by atomic mass is 10.2. The Morgan fingerprint density at radius 1 is 1.30 bits per heavy atom. The second kappa shape index (κ2) is 12.9. The Kier molecular flexibility index (Phi) is 12.0. The number of rotatable bonds is 9. The van der Waals surface area contributed by atoms with Gasteiger partial charge in [-0.2, -0.15) is 0 Å². The molecule has 1 aromatic carbocycles. The molecule has 0 atom stereocenters. The molecule has 0 unspecified atom stereocenters. The summed E-state index contributed by atoms with van der Waals surface area (Å²) in [5.41, 5.74) is 0.582. The molecular weight excluding hydrogens is 413 g/mol. The number of hydrogen-bond acceptors (Lipinski definition) is 5. The number of hydrogen-bond donors (Lipinski definition) is 3. The van der Waals surface area contributed by atoms with Gasteiger partial charge < -0.3 is 20.7 Å². The van der Waals surface area contributed by atoms with Crippen molar-refractivity contribution in [1.82, 2.24) is 10.6 Å². The number of nitrogens with one attached hydrogen (secondary N) is 3. The number of nitrogens with zero attached hydrogens (tertiary/aromatic N) is 2. The first kappa shape index (κ1) is 21.4. The van der Waals surface area contributed by atoms with E-state index in [0.717, 1.165) is 6.54 Å². The number of anilines is 1. The van der Waals surface area contributed by atoms with Crippen molar-refractivity contribution < 1.29 is 9.66 Å². The highest BCUT2D eigenvalue weighted by Gasteiger charge is 2.11. The third-order valence-electron chi connectivity index (χ3n) is 2.74. The Morgan fingerprint density at radius 2 is 2.04 bits per heavy atom. The van der Waals surface area contributed by atoms with E-state index in [1.807, 2.05) is 6.92 Å². The highest BCUT2D eigenvalue weighted by molar-refractivity contribution is 14.0. The molecule has 0 saturated carbocycles. The SMILES string of the molecule is CCNC(=NCCOC)NCCNc1ccccc1[N+](=O)[O-].I. The second-order valence-corrected chi connectivity index (χ2v) is 4.38. The highest BCUT2D eigenvalue weighted by atomic mass is 127. The predicted octanol–water partition coefficient (Wildman–Crippen LogP) is 1.83. The van der Waals surface area contributed by atoms with E-state index in [2.05, 4.69) is 20.9 Å². The molecule has 0 fully saturated rings. The van der Waals surface area contributed by atoms with Crippen molar-refractivity contribution in [2.45, 2.75) is 6.92 Å². The first-order valence-electron chi connectivity index (χ1n) is 7.17. The number of nitro groups is 1. The molecular formula is C14H24IN5O3. The minimum atomic E-state index is -0.397. The number of nitro benzene ring substituents is 1. The average molecular weight is 437 g/mol. The molecule has 0 heterocycles. The van der Waals surface area contributed by atoms with Crippen LogP contribution in [-0.4, -0.2) is 50.8 Å². The zero-order valence-electron chi connectivity index (χ0n) is 13.4. The third kappa shape index (κ3) is 8.55. The summed E-state index contributed by atoms with van der Waals surface area (Å²) in [7, 11) is 1.63. The fraction of sp³-hybridized carbons (Fsp3) is 0.500. The number of benzene rings is 1. The summed E-state index contributed by atoms with van der Waals surface area (Å²) in [4.78, 5) is 14.8. The zero-order valence-corrected chi connectivity index (χ0v) is 15.7. The Morgan fingerprint density at radius 3 is 2.70 bits per heavy atom. The molecule has 0 aliphatic heterocycles. The van der Waals surface area contributed by atoms with Gasteiger partial charge in [0.15, 0.2) is 5.96 Å². The maximum atomic E-state index is 10.9. The quantitative estimate of drug-likeness (QED) is 0.136. The first-order valence-corrected chi connectivity index (χ1v) is 7.17. The molecule has 0 amide bonds. The maximum absolute atomic E-state index is 10.9. The molecule has 0 saturated heterocycles. The van der Waals surface area contributed by atoms with Gasteiger partial charge in [-0.15, -0.1) is 24.0 Å². The van der Waals surface area contributed by atoms with Gasteiger partial charge in [-0.3, -0.25) is 15.1 Å². The van der Waals surface area contributed by atoms with Crippen molar-refractivity contribution in [2.75, 3.05) is 45.2 Å². The summed E-state index contributed by atoms with van der Waals surface area (Å²) < 4.78 is 4.95. The van der Waals surface area contributed by atoms with Crippen molar-refractivity contribution in [3.05, 3.63) is 34.4 Å². The second-order valence-electron chi connectivity index (χ2n) is 4.38. The minimum absolute atomic E-state index is 0. The van der Waals surface area contributed by atoms with Crippen LogP contribution >= 0.6 is 24.0 Å². The molecule has 1 rings (SSSR count). The van der Waals surface area contributed by atoms with Gasteiger partial charge in [0.2, 0.25) is 0 Å². The van der Waals surface area contributed by atoms with Crippen molar-refractivity contribution >= 4 is 41.3 Å². The third-order valence-corrected chi connectivity index (χ3v) is 2.74. The van der Waals surface area contributed by atoms with Crippen molar-refractivity contribution in [1.29, 1.82) is 0 Å². The number of ether oxygens (including phenoxy) is 1. The lowest BCUT2D eigenvalue weighted by molar-refractivity contribution is -0.384. The monoisotopic (exact) mass is 437 g/mol. The Bertz CT molecular complexity index is 499. The Labute approximate surface area is 153 Å². The maximum Gasteiger partial charge on any atom is 0.292 e. The molecule has 0 radical (unpaired) electrons. The van der Waals surface area contributed by atoms with E-state index in [1.54, 1.807) is 25.3 Å². The van der Waals surface area contributed by atoms with Crippen molar-refractivity contribution in [3.8, 4) is 0 Å². The van der Waals surface area contributed by atoms with Crippen LogP contribution in [0.2, 0.25) is 0 Å². The summed E-state index contributed by atoms with van der Waals surface area (Å²) >= 11 is 0. The van der Waals surface area contributed by atoms with Crippen LogP contribution in [0.15, 0.2) is 29.3 Å². The molecule has 0 spiro atoms. The van der Waals surface area contributed by atoms with Crippen LogP contribution in [-0.2, 0) is 4.74 Å². The molecule has 1 aromatic rings.